The third-order valence-corrected chi connectivity index (χ3v) is 2.76. The van der Waals surface area contributed by atoms with Gasteiger partial charge in [-0.2, -0.15) is 4.68 Å². The molecule has 7 heteroatoms. The number of halogens is 2. The van der Waals surface area contributed by atoms with E-state index in [1.165, 1.54) is 10.7 Å². The van der Waals surface area contributed by atoms with Crippen LogP contribution in [-0.2, 0) is 6.54 Å². The molecule has 2 rings (SSSR count). The molecule has 0 fully saturated rings. The van der Waals surface area contributed by atoms with E-state index in [4.69, 9.17) is 11.6 Å². The SMILES string of the molecule is CC(C)(C)NCc1nnnn1-c1cccc(Cl)c1F. The van der Waals surface area contributed by atoms with E-state index in [0.29, 0.717) is 12.4 Å². The Labute approximate surface area is 115 Å². The highest BCUT2D eigenvalue weighted by atomic mass is 35.5. The summed E-state index contributed by atoms with van der Waals surface area (Å²) in [6, 6.07) is 4.72. The van der Waals surface area contributed by atoms with E-state index in [-0.39, 0.29) is 16.2 Å². The van der Waals surface area contributed by atoms with Crippen molar-refractivity contribution >= 4 is 11.6 Å². The van der Waals surface area contributed by atoms with Crippen molar-refractivity contribution in [2.24, 2.45) is 0 Å². The van der Waals surface area contributed by atoms with E-state index in [1.54, 1.807) is 12.1 Å². The molecule has 0 spiro atoms. The van der Waals surface area contributed by atoms with E-state index in [9.17, 15) is 4.39 Å². The number of hydrogen-bond donors (Lipinski definition) is 1. The van der Waals surface area contributed by atoms with Crippen LogP contribution in [0, 0.1) is 5.82 Å². The molecule has 2 aromatic rings. The first-order chi connectivity index (χ1) is 8.88. The molecule has 0 bridgehead atoms. The Hall–Kier alpha value is -1.53. The summed E-state index contributed by atoms with van der Waals surface area (Å²) < 4.78 is 15.3. The standard InChI is InChI=1S/C12H15ClFN5/c1-12(2,3)15-7-10-16-17-18-19(10)9-6-4-5-8(13)11(9)14/h4-6,15H,7H2,1-3H3. The zero-order valence-corrected chi connectivity index (χ0v) is 11.7. The molecule has 1 heterocycles. The molecule has 0 aliphatic rings. The van der Waals surface area contributed by atoms with E-state index in [0.717, 1.165) is 0 Å². The summed E-state index contributed by atoms with van der Waals surface area (Å²) in [7, 11) is 0. The van der Waals surface area contributed by atoms with Gasteiger partial charge < -0.3 is 5.32 Å². The Balaban J connectivity index is 2.31. The van der Waals surface area contributed by atoms with Gasteiger partial charge in [-0.05, 0) is 43.3 Å². The summed E-state index contributed by atoms with van der Waals surface area (Å²) in [5, 5.41) is 14.6. The maximum absolute atomic E-state index is 14.0. The first-order valence-corrected chi connectivity index (χ1v) is 6.23. The van der Waals surface area contributed by atoms with Crippen molar-refractivity contribution in [3.05, 3.63) is 34.9 Å². The van der Waals surface area contributed by atoms with Crippen LogP contribution in [0.4, 0.5) is 4.39 Å². The van der Waals surface area contributed by atoms with Gasteiger partial charge in [-0.15, -0.1) is 5.10 Å². The molecule has 0 unspecified atom stereocenters. The van der Waals surface area contributed by atoms with Gasteiger partial charge >= 0.3 is 0 Å². The smallest absolute Gasteiger partial charge is 0.170 e. The van der Waals surface area contributed by atoms with Crippen LogP contribution in [-0.4, -0.2) is 25.7 Å². The number of rotatable bonds is 3. The van der Waals surface area contributed by atoms with Crippen LogP contribution in [0.1, 0.15) is 26.6 Å². The van der Waals surface area contributed by atoms with Gasteiger partial charge in [0, 0.05) is 5.54 Å². The highest BCUT2D eigenvalue weighted by Gasteiger charge is 2.16. The fourth-order valence-electron chi connectivity index (χ4n) is 1.50. The molecule has 0 atom stereocenters. The van der Waals surface area contributed by atoms with Crippen molar-refractivity contribution < 1.29 is 4.39 Å². The summed E-state index contributed by atoms with van der Waals surface area (Å²) in [4.78, 5) is 0. The Morgan fingerprint density at radius 3 is 2.79 bits per heavy atom. The van der Waals surface area contributed by atoms with E-state index in [1.807, 2.05) is 20.8 Å². The second-order valence-electron chi connectivity index (χ2n) is 5.18. The number of nitrogens with one attached hydrogen (secondary N) is 1. The second kappa shape index (κ2) is 5.22. The first-order valence-electron chi connectivity index (χ1n) is 5.85. The number of hydrogen-bond acceptors (Lipinski definition) is 4. The predicted molar refractivity (Wildman–Crippen MR) is 70.7 cm³/mol. The average molecular weight is 284 g/mol. The van der Waals surface area contributed by atoms with Crippen molar-refractivity contribution in [3.63, 3.8) is 0 Å². The Morgan fingerprint density at radius 2 is 2.11 bits per heavy atom. The fourth-order valence-corrected chi connectivity index (χ4v) is 1.67. The fraction of sp³-hybridized carbons (Fsp3) is 0.417. The Bertz CT molecular complexity index is 576. The number of aromatic nitrogens is 4. The quantitative estimate of drug-likeness (QED) is 0.939. The largest absolute Gasteiger partial charge is 0.305 e. The Morgan fingerprint density at radius 1 is 1.37 bits per heavy atom. The number of tetrazole rings is 1. The monoisotopic (exact) mass is 283 g/mol. The molecule has 0 radical (unpaired) electrons. The minimum Gasteiger partial charge on any atom is -0.305 e. The zero-order chi connectivity index (χ0) is 14.0. The van der Waals surface area contributed by atoms with Gasteiger partial charge in [0.2, 0.25) is 0 Å². The van der Waals surface area contributed by atoms with Crippen molar-refractivity contribution in [1.82, 2.24) is 25.5 Å². The summed E-state index contributed by atoms with van der Waals surface area (Å²) in [5.74, 6) is -0.00966. The van der Waals surface area contributed by atoms with Crippen molar-refractivity contribution in [2.45, 2.75) is 32.9 Å². The van der Waals surface area contributed by atoms with E-state index in [2.05, 4.69) is 20.8 Å². The van der Waals surface area contributed by atoms with E-state index < -0.39 is 5.82 Å². The maximum Gasteiger partial charge on any atom is 0.170 e. The lowest BCUT2D eigenvalue weighted by atomic mass is 10.1. The molecule has 0 saturated carbocycles. The zero-order valence-electron chi connectivity index (χ0n) is 11.0. The molecule has 0 aliphatic carbocycles. The van der Waals surface area contributed by atoms with Crippen molar-refractivity contribution in [3.8, 4) is 5.69 Å². The number of nitrogens with zero attached hydrogens (tertiary/aromatic N) is 4. The maximum atomic E-state index is 14.0. The normalized spacial score (nSPS) is 11.8. The van der Waals surface area contributed by atoms with Gasteiger partial charge in [0.15, 0.2) is 11.6 Å². The van der Waals surface area contributed by atoms with Gasteiger partial charge in [0.1, 0.15) is 5.69 Å². The van der Waals surface area contributed by atoms with Crippen molar-refractivity contribution in [1.29, 1.82) is 0 Å². The van der Waals surface area contributed by atoms with Gasteiger partial charge in [0.25, 0.3) is 0 Å². The van der Waals surface area contributed by atoms with Crippen LogP contribution in [0.2, 0.25) is 5.02 Å². The predicted octanol–water partition coefficient (Wildman–Crippen LogP) is 2.34. The summed E-state index contributed by atoms with van der Waals surface area (Å²) in [6.07, 6.45) is 0. The molecule has 19 heavy (non-hydrogen) atoms. The molecular weight excluding hydrogens is 269 g/mol. The molecule has 102 valence electrons. The summed E-state index contributed by atoms with van der Waals surface area (Å²) in [6.45, 7) is 6.52. The van der Waals surface area contributed by atoms with Gasteiger partial charge in [-0.1, -0.05) is 17.7 Å². The third kappa shape index (κ3) is 3.27. The molecule has 0 amide bonds. The van der Waals surface area contributed by atoms with Crippen LogP contribution in [0.3, 0.4) is 0 Å². The lowest BCUT2D eigenvalue weighted by molar-refractivity contribution is 0.414. The second-order valence-corrected chi connectivity index (χ2v) is 5.59. The van der Waals surface area contributed by atoms with Crippen LogP contribution in [0.5, 0.6) is 0 Å². The van der Waals surface area contributed by atoms with Crippen molar-refractivity contribution in [2.75, 3.05) is 0 Å². The van der Waals surface area contributed by atoms with E-state index >= 15 is 0 Å². The highest BCUT2D eigenvalue weighted by molar-refractivity contribution is 6.30. The molecule has 1 aromatic heterocycles. The molecule has 0 saturated heterocycles. The van der Waals surface area contributed by atoms with Gasteiger partial charge in [-0.25, -0.2) is 4.39 Å². The minimum absolute atomic E-state index is 0.0442. The lowest BCUT2D eigenvalue weighted by Gasteiger charge is -2.19. The molecular formula is C12H15ClFN5. The minimum atomic E-state index is -0.534. The molecule has 5 nitrogen and oxygen atoms in total. The molecule has 1 N–H and O–H groups in total. The Kier molecular flexibility index (Phi) is 3.82. The topological polar surface area (TPSA) is 55.6 Å². The molecule has 0 aliphatic heterocycles. The first kappa shape index (κ1) is 13.9. The average Bonchev–Trinajstić information content (AvgIpc) is 2.77. The third-order valence-electron chi connectivity index (χ3n) is 2.47. The van der Waals surface area contributed by atoms with Crippen LogP contribution in [0.15, 0.2) is 18.2 Å². The molecule has 1 aromatic carbocycles. The van der Waals surface area contributed by atoms with Crippen LogP contribution in [0.25, 0.3) is 5.69 Å². The van der Waals surface area contributed by atoms with Gasteiger partial charge in [-0.3, -0.25) is 0 Å². The lowest BCUT2D eigenvalue weighted by Crippen LogP contribution is -2.36. The summed E-state index contributed by atoms with van der Waals surface area (Å²) >= 11 is 5.76. The number of benzene rings is 1. The van der Waals surface area contributed by atoms with Crippen LogP contribution >= 0.6 is 11.6 Å². The van der Waals surface area contributed by atoms with Crippen LogP contribution < -0.4 is 5.32 Å². The highest BCUT2D eigenvalue weighted by Crippen LogP contribution is 2.21. The van der Waals surface area contributed by atoms with Gasteiger partial charge in [0.05, 0.1) is 11.6 Å². The summed E-state index contributed by atoms with van der Waals surface area (Å²) in [5.41, 5.74) is 0.159.